The van der Waals surface area contributed by atoms with Crippen LogP contribution in [0.15, 0.2) is 34.0 Å². The molecular weight excluding hydrogens is 395 g/mol. The Morgan fingerprint density at radius 1 is 1.36 bits per heavy atom. The number of nitrogens with one attached hydrogen (secondary N) is 1. The minimum Gasteiger partial charge on any atom is -0.441 e. The predicted molar refractivity (Wildman–Crippen MR) is 99.0 cm³/mol. The summed E-state index contributed by atoms with van der Waals surface area (Å²) in [6, 6.07) is 3.14. The number of amidine groups is 1. The number of hydrogen-bond donors (Lipinski definition) is 2. The van der Waals surface area contributed by atoms with Crippen LogP contribution in [0.2, 0.25) is 0 Å². The molecule has 0 spiro atoms. The third-order valence-electron chi connectivity index (χ3n) is 4.06. The molecule has 0 bridgehead atoms. The van der Waals surface area contributed by atoms with Crippen molar-refractivity contribution in [2.75, 3.05) is 5.32 Å². The average Bonchev–Trinajstić information content (AvgIpc) is 3.03. The van der Waals surface area contributed by atoms with Gasteiger partial charge in [-0.3, -0.25) is 9.78 Å². The van der Waals surface area contributed by atoms with E-state index < -0.39 is 29.2 Å². The SMILES string of the molecule is CC1(C)C[C@@](C)(c2cc(NC(=O)c3coc(C(F)(F)F)n3)ccn2)N=C(N)S1. The van der Waals surface area contributed by atoms with Gasteiger partial charge >= 0.3 is 12.1 Å². The number of carbonyl (C=O) groups excluding carboxylic acids is 1. The number of aromatic nitrogens is 2. The lowest BCUT2D eigenvalue weighted by molar-refractivity contribution is -0.157. The summed E-state index contributed by atoms with van der Waals surface area (Å²) >= 11 is 1.48. The highest BCUT2D eigenvalue weighted by Gasteiger charge is 2.40. The highest BCUT2D eigenvalue weighted by Crippen LogP contribution is 2.44. The van der Waals surface area contributed by atoms with Crippen LogP contribution in [0.1, 0.15) is 49.3 Å². The first-order valence-electron chi connectivity index (χ1n) is 8.23. The first kappa shape index (κ1) is 20.2. The molecule has 3 N–H and O–H groups in total. The van der Waals surface area contributed by atoms with Crippen molar-refractivity contribution in [3.05, 3.63) is 41.9 Å². The van der Waals surface area contributed by atoms with Crippen LogP contribution in [0, 0.1) is 0 Å². The van der Waals surface area contributed by atoms with E-state index >= 15 is 0 Å². The molecule has 3 rings (SSSR count). The lowest BCUT2D eigenvalue weighted by Gasteiger charge is -2.38. The zero-order chi connectivity index (χ0) is 20.7. The number of carbonyl (C=O) groups is 1. The number of rotatable bonds is 3. The minimum absolute atomic E-state index is 0.157. The molecule has 0 fully saturated rings. The molecule has 3 heterocycles. The van der Waals surface area contributed by atoms with Gasteiger partial charge in [0.25, 0.3) is 5.91 Å². The van der Waals surface area contributed by atoms with E-state index in [0.29, 0.717) is 29.2 Å². The van der Waals surface area contributed by atoms with E-state index in [9.17, 15) is 18.0 Å². The van der Waals surface area contributed by atoms with Gasteiger partial charge in [-0.15, -0.1) is 0 Å². The van der Waals surface area contributed by atoms with Gasteiger partial charge in [0.15, 0.2) is 10.9 Å². The summed E-state index contributed by atoms with van der Waals surface area (Å²) in [5.74, 6) is -2.31. The Labute approximate surface area is 163 Å². The van der Waals surface area contributed by atoms with Crippen LogP contribution in [0.5, 0.6) is 0 Å². The fourth-order valence-electron chi connectivity index (χ4n) is 3.11. The Morgan fingerprint density at radius 3 is 2.68 bits per heavy atom. The Hall–Kier alpha value is -2.56. The van der Waals surface area contributed by atoms with Gasteiger partial charge < -0.3 is 15.5 Å². The van der Waals surface area contributed by atoms with Gasteiger partial charge in [0.1, 0.15) is 11.8 Å². The van der Waals surface area contributed by atoms with Crippen molar-refractivity contribution < 1.29 is 22.4 Å². The predicted octanol–water partition coefficient (Wildman–Crippen LogP) is 3.79. The molecule has 1 atom stereocenters. The van der Waals surface area contributed by atoms with E-state index in [1.807, 2.05) is 20.8 Å². The number of oxazole rings is 1. The normalized spacial score (nSPS) is 21.9. The molecule has 1 aliphatic rings. The zero-order valence-corrected chi connectivity index (χ0v) is 16.1. The van der Waals surface area contributed by atoms with Crippen molar-refractivity contribution in [2.45, 2.75) is 43.7 Å². The molecule has 2 aromatic heterocycles. The molecule has 0 unspecified atom stereocenters. The van der Waals surface area contributed by atoms with Crippen LogP contribution in [0.4, 0.5) is 18.9 Å². The Balaban J connectivity index is 1.83. The summed E-state index contributed by atoms with van der Waals surface area (Å²) in [4.78, 5) is 24.2. The van der Waals surface area contributed by atoms with E-state index in [1.54, 1.807) is 6.07 Å². The van der Waals surface area contributed by atoms with Gasteiger partial charge in [0.05, 0.1) is 5.69 Å². The number of hydrogen-bond acceptors (Lipinski definition) is 7. The van der Waals surface area contributed by atoms with E-state index in [2.05, 4.69) is 24.7 Å². The standard InChI is InChI=1S/C17H18F3N5O2S/c1-15(2)8-16(3,25-14(21)28-15)11-6-9(4-5-22-11)23-12(26)10-7-27-13(24-10)17(18,19)20/h4-7H,8H2,1-3H3,(H2,21,25)(H,22,23,26)/t16-/m0/s1. The molecule has 28 heavy (non-hydrogen) atoms. The number of alkyl halides is 3. The number of nitrogens with zero attached hydrogens (tertiary/aromatic N) is 3. The van der Waals surface area contributed by atoms with Crippen LogP contribution in [-0.4, -0.2) is 25.8 Å². The van der Waals surface area contributed by atoms with E-state index in [4.69, 9.17) is 5.73 Å². The monoisotopic (exact) mass is 413 g/mol. The summed E-state index contributed by atoms with van der Waals surface area (Å²) in [5.41, 5.74) is 5.71. The largest absolute Gasteiger partial charge is 0.468 e. The van der Waals surface area contributed by atoms with Gasteiger partial charge in [0, 0.05) is 16.6 Å². The summed E-state index contributed by atoms with van der Waals surface area (Å²) in [7, 11) is 0. The van der Waals surface area contributed by atoms with Crippen molar-refractivity contribution >= 4 is 28.5 Å². The molecule has 0 aliphatic carbocycles. The number of pyridine rings is 1. The molecule has 2 aromatic rings. The van der Waals surface area contributed by atoms with Crippen molar-refractivity contribution in [1.29, 1.82) is 0 Å². The molecule has 11 heteroatoms. The summed E-state index contributed by atoms with van der Waals surface area (Å²) < 4.78 is 41.9. The molecule has 1 amide bonds. The van der Waals surface area contributed by atoms with Gasteiger partial charge in [-0.2, -0.15) is 13.2 Å². The van der Waals surface area contributed by atoms with Crippen molar-refractivity contribution in [3.8, 4) is 0 Å². The molecule has 0 aromatic carbocycles. The second-order valence-corrected chi connectivity index (χ2v) is 8.91. The molecule has 0 radical (unpaired) electrons. The van der Waals surface area contributed by atoms with Gasteiger partial charge in [-0.1, -0.05) is 25.6 Å². The highest BCUT2D eigenvalue weighted by molar-refractivity contribution is 8.15. The Kier molecular flexibility index (Phi) is 4.90. The third kappa shape index (κ3) is 4.29. The first-order chi connectivity index (χ1) is 12.9. The van der Waals surface area contributed by atoms with Crippen molar-refractivity contribution in [3.63, 3.8) is 0 Å². The maximum absolute atomic E-state index is 12.6. The Morgan fingerprint density at radius 2 is 2.07 bits per heavy atom. The van der Waals surface area contributed by atoms with E-state index in [0.717, 1.165) is 0 Å². The fraction of sp³-hybridized carbons (Fsp3) is 0.412. The van der Waals surface area contributed by atoms with Gasteiger partial charge in [-0.25, -0.2) is 9.98 Å². The molecule has 1 aliphatic heterocycles. The molecule has 7 nitrogen and oxygen atoms in total. The first-order valence-corrected chi connectivity index (χ1v) is 9.05. The summed E-state index contributed by atoms with van der Waals surface area (Å²) in [5, 5.41) is 2.94. The third-order valence-corrected chi connectivity index (χ3v) is 5.05. The lowest BCUT2D eigenvalue weighted by Crippen LogP contribution is -2.38. The van der Waals surface area contributed by atoms with Crippen molar-refractivity contribution in [2.24, 2.45) is 10.7 Å². The number of amides is 1. The number of thioether (sulfide) groups is 1. The summed E-state index contributed by atoms with van der Waals surface area (Å²) in [6.07, 6.45) is -1.96. The van der Waals surface area contributed by atoms with E-state index in [1.165, 1.54) is 24.0 Å². The second-order valence-electron chi connectivity index (χ2n) is 7.18. The minimum atomic E-state index is -4.76. The smallest absolute Gasteiger partial charge is 0.441 e. The number of aliphatic imine (C=N–C) groups is 1. The van der Waals surface area contributed by atoms with Crippen LogP contribution in [0.25, 0.3) is 0 Å². The highest BCUT2D eigenvalue weighted by atomic mass is 32.2. The molecule has 0 saturated carbocycles. The van der Waals surface area contributed by atoms with Gasteiger partial charge in [0.2, 0.25) is 0 Å². The lowest BCUT2D eigenvalue weighted by atomic mass is 9.87. The van der Waals surface area contributed by atoms with E-state index in [-0.39, 0.29) is 4.75 Å². The summed E-state index contributed by atoms with van der Waals surface area (Å²) in [6.45, 7) is 5.99. The maximum Gasteiger partial charge on any atom is 0.468 e. The molecular formula is C17H18F3N5O2S. The van der Waals surface area contributed by atoms with Crippen LogP contribution < -0.4 is 11.1 Å². The average molecular weight is 413 g/mol. The quantitative estimate of drug-likeness (QED) is 0.793. The van der Waals surface area contributed by atoms with Crippen LogP contribution >= 0.6 is 11.8 Å². The number of nitrogens with two attached hydrogens (primary N) is 1. The van der Waals surface area contributed by atoms with Crippen molar-refractivity contribution in [1.82, 2.24) is 9.97 Å². The topological polar surface area (TPSA) is 106 Å². The number of halogens is 3. The second kappa shape index (κ2) is 6.80. The zero-order valence-electron chi connectivity index (χ0n) is 15.3. The van der Waals surface area contributed by atoms with Crippen LogP contribution in [0.3, 0.4) is 0 Å². The Bertz CT molecular complexity index is 941. The fourth-order valence-corrected chi connectivity index (χ4v) is 4.27. The molecule has 150 valence electrons. The number of anilines is 1. The van der Waals surface area contributed by atoms with Crippen LogP contribution in [-0.2, 0) is 11.7 Å². The van der Waals surface area contributed by atoms with Gasteiger partial charge in [-0.05, 0) is 25.5 Å². The molecule has 0 saturated heterocycles. The maximum atomic E-state index is 12.6.